The van der Waals surface area contributed by atoms with Crippen molar-refractivity contribution in [2.24, 2.45) is 11.8 Å². The van der Waals surface area contributed by atoms with E-state index >= 15 is 0 Å². The van der Waals surface area contributed by atoms with Crippen LogP contribution in [0.3, 0.4) is 0 Å². The van der Waals surface area contributed by atoms with Crippen molar-refractivity contribution >= 4 is 35.1 Å². The van der Waals surface area contributed by atoms with Crippen molar-refractivity contribution in [1.82, 2.24) is 10.2 Å². The Balaban J connectivity index is 0.00000549. The van der Waals surface area contributed by atoms with E-state index in [9.17, 15) is 18.4 Å². The number of aromatic nitrogens is 1. The molecule has 11 nitrogen and oxygen atoms in total. The molecule has 3 aromatic carbocycles. The molecule has 3 atom stereocenters. The van der Waals surface area contributed by atoms with Gasteiger partial charge >= 0.3 is 18.6 Å². The van der Waals surface area contributed by atoms with Crippen LogP contribution >= 0.6 is 23.2 Å². The van der Waals surface area contributed by atoms with Gasteiger partial charge in [-0.15, -0.1) is 0 Å². The van der Waals surface area contributed by atoms with Gasteiger partial charge < -0.3 is 29.2 Å². The number of rotatable bonds is 17. The highest BCUT2D eigenvalue weighted by Gasteiger charge is 2.38. The number of benzene rings is 3. The van der Waals surface area contributed by atoms with E-state index in [4.69, 9.17) is 46.9 Å². The number of esters is 2. The number of carbonyl (C=O) groups is 2. The smallest absolute Gasteiger partial charge is 0.387 e. The predicted octanol–water partition coefficient (Wildman–Crippen LogP) is 7.64. The molecular formula is C42H45Cl2F2N3O8. The maximum atomic E-state index is 13.9. The van der Waals surface area contributed by atoms with Crippen molar-refractivity contribution in [3.05, 3.63) is 117 Å². The number of ether oxygens (including phenoxy) is 5. The first-order chi connectivity index (χ1) is 27.1. The highest BCUT2D eigenvalue weighted by atomic mass is 35.5. The highest BCUT2D eigenvalue weighted by Crippen LogP contribution is 2.38. The number of H-pyrrole nitrogens is 1. The number of hydrogen-bond acceptors (Lipinski definition) is 10. The molecule has 0 spiro atoms. The average Bonchev–Trinajstić information content (AvgIpc) is 4.04. The van der Waals surface area contributed by atoms with E-state index in [1.807, 2.05) is 24.3 Å². The second kappa shape index (κ2) is 19.3. The summed E-state index contributed by atoms with van der Waals surface area (Å²) in [7, 11) is 1.57. The van der Waals surface area contributed by atoms with Gasteiger partial charge in [0.15, 0.2) is 23.9 Å². The van der Waals surface area contributed by atoms with Gasteiger partial charge in [-0.25, -0.2) is 14.6 Å². The van der Waals surface area contributed by atoms with E-state index in [0.29, 0.717) is 56.5 Å². The van der Waals surface area contributed by atoms with Crippen molar-refractivity contribution in [1.29, 1.82) is 0 Å². The second-order valence-electron chi connectivity index (χ2n) is 14.5. The van der Waals surface area contributed by atoms with Gasteiger partial charge in [-0.05, 0) is 104 Å². The van der Waals surface area contributed by atoms with Gasteiger partial charge in [-0.2, -0.15) is 8.78 Å². The lowest BCUT2D eigenvalue weighted by Gasteiger charge is -2.44. The average molecular weight is 829 g/mol. The molecule has 57 heavy (non-hydrogen) atoms. The molecule has 8 rings (SSSR count). The Bertz CT molecular complexity index is 1990. The Kier molecular flexibility index (Phi) is 14.2. The van der Waals surface area contributed by atoms with Gasteiger partial charge in [0.25, 0.3) is 0 Å². The third-order valence-corrected chi connectivity index (χ3v) is 11.2. The van der Waals surface area contributed by atoms with Crippen LogP contribution in [0.1, 0.15) is 70.4 Å². The van der Waals surface area contributed by atoms with Crippen LogP contribution in [-0.4, -0.2) is 68.4 Å². The number of aromatic amines is 1. The largest absolute Gasteiger partial charge is 0.870 e. The Morgan fingerprint density at radius 1 is 0.930 bits per heavy atom. The minimum absolute atomic E-state index is 0. The lowest BCUT2D eigenvalue weighted by Crippen LogP contribution is -2.52. The number of piperidine rings is 3. The molecule has 3 aliphatic heterocycles. The lowest BCUT2D eigenvalue weighted by molar-refractivity contribution is -0.377. The summed E-state index contributed by atoms with van der Waals surface area (Å²) in [5, 5.41) is 4.01. The molecule has 1 aromatic heterocycles. The van der Waals surface area contributed by atoms with Gasteiger partial charge in [0.2, 0.25) is 0 Å². The molecule has 0 amide bonds. The number of fused-ring (bicyclic) bond motifs is 3. The summed E-state index contributed by atoms with van der Waals surface area (Å²) >= 11 is 13.0. The molecular weight excluding hydrogens is 783 g/mol. The number of hydrogen-bond donors (Lipinski definition) is 1. The topological polar surface area (TPSA) is 140 Å². The van der Waals surface area contributed by atoms with E-state index in [0.717, 1.165) is 45.3 Å². The van der Waals surface area contributed by atoms with E-state index in [1.165, 1.54) is 6.07 Å². The van der Waals surface area contributed by atoms with E-state index in [-0.39, 0.29) is 47.6 Å². The van der Waals surface area contributed by atoms with Crippen molar-refractivity contribution < 1.29 is 52.5 Å². The van der Waals surface area contributed by atoms with Crippen LogP contribution in [0.2, 0.25) is 10.0 Å². The van der Waals surface area contributed by atoms with Crippen LogP contribution in [-0.2, 0) is 27.2 Å². The minimum Gasteiger partial charge on any atom is -0.870 e. The number of pyridine rings is 1. The maximum Gasteiger partial charge on any atom is 0.387 e. The molecule has 3 N–H and O–H groups in total. The second-order valence-corrected chi connectivity index (χ2v) is 15.3. The predicted molar refractivity (Wildman–Crippen MR) is 206 cm³/mol. The quantitative estimate of drug-likeness (QED) is 0.106. The highest BCUT2D eigenvalue weighted by molar-refractivity contribution is 6.35. The molecule has 4 heterocycles. The van der Waals surface area contributed by atoms with Gasteiger partial charge in [-0.1, -0.05) is 53.5 Å². The standard InChI is InChI=1S/C42H43Cl2F2N3O7.H2O/c1-52-31-7-3-5-29(17-31)39(41(51)55-38-23-49-14-12-27(38)13-15-49)48-20-26-4-2-6-30(16-26)40(50)54-36(19-32-33(43)21-47-22-34(32)44)28-10-11-35(56-42(45)46)37(18-28)53-24-25-8-9-25;/h2-7,10-11,16-18,21-22,25,27,36,38-39,42,48H,8-9,12-15,19-20,23-24H2,1H3;1H2/t36-,38-,39?;/m0./s1. The fraction of sp³-hybridized carbons (Fsp3) is 0.405. The summed E-state index contributed by atoms with van der Waals surface area (Å²) in [4.78, 5) is 32.9. The van der Waals surface area contributed by atoms with Gasteiger partial charge in [0, 0.05) is 25.1 Å². The zero-order chi connectivity index (χ0) is 39.2. The van der Waals surface area contributed by atoms with Crippen molar-refractivity contribution in [2.75, 3.05) is 33.4 Å². The van der Waals surface area contributed by atoms with Crippen molar-refractivity contribution in [2.45, 2.75) is 63.5 Å². The molecule has 4 aromatic rings. The molecule has 1 saturated carbocycles. The van der Waals surface area contributed by atoms with Crippen LogP contribution in [0.5, 0.6) is 17.2 Å². The molecule has 304 valence electrons. The summed E-state index contributed by atoms with van der Waals surface area (Å²) in [6.07, 6.45) is 6.08. The Morgan fingerprint density at radius 3 is 2.37 bits per heavy atom. The van der Waals surface area contributed by atoms with Crippen LogP contribution < -0.4 is 24.5 Å². The SMILES string of the molecule is COc1cccc(C(NCc2cccc(C(=O)O[C@@H](Cc3c(Cl)c[nH+]cc3Cl)c3ccc(OC(F)F)c(OCC4CC4)c3)c2)C(=O)O[C@H]2CN3CCC2CC3)c1.[OH-]. The zero-order valence-electron chi connectivity index (χ0n) is 31.3. The molecule has 0 radical (unpaired) electrons. The van der Waals surface area contributed by atoms with Crippen LogP contribution in [0, 0.1) is 11.8 Å². The number of alkyl halides is 2. The number of nitrogens with zero attached hydrogens (tertiary/aromatic N) is 1. The maximum absolute atomic E-state index is 13.9. The van der Waals surface area contributed by atoms with Gasteiger partial charge in [-0.3, -0.25) is 10.2 Å². The van der Waals surface area contributed by atoms with Crippen LogP contribution in [0.15, 0.2) is 79.1 Å². The third kappa shape index (κ3) is 10.9. The first-order valence-corrected chi connectivity index (χ1v) is 19.5. The Morgan fingerprint density at radius 2 is 1.68 bits per heavy atom. The first-order valence-electron chi connectivity index (χ1n) is 18.8. The summed E-state index contributed by atoms with van der Waals surface area (Å²) in [6.45, 7) is 0.300. The molecule has 4 aliphatic rings. The van der Waals surface area contributed by atoms with Gasteiger partial charge in [0.1, 0.15) is 34.0 Å². The van der Waals surface area contributed by atoms with Crippen LogP contribution in [0.25, 0.3) is 0 Å². The summed E-state index contributed by atoms with van der Waals surface area (Å²) in [5.74, 6) is 0.258. The molecule has 1 unspecified atom stereocenters. The summed E-state index contributed by atoms with van der Waals surface area (Å²) < 4.78 is 55.0. The molecule has 3 saturated heterocycles. The molecule has 4 fully saturated rings. The lowest BCUT2D eigenvalue weighted by atomic mass is 9.86. The summed E-state index contributed by atoms with van der Waals surface area (Å²) in [6, 6.07) is 17.9. The fourth-order valence-corrected chi connectivity index (χ4v) is 7.79. The third-order valence-electron chi connectivity index (χ3n) is 10.6. The minimum atomic E-state index is -3.06. The summed E-state index contributed by atoms with van der Waals surface area (Å²) in [5.41, 5.74) is 2.64. The normalized spacial score (nSPS) is 19.6. The number of carbonyl (C=O) groups excluding carboxylic acids is 2. The zero-order valence-corrected chi connectivity index (χ0v) is 32.8. The number of nitrogens with one attached hydrogen (secondary N) is 2. The van der Waals surface area contributed by atoms with E-state index in [2.05, 4.69) is 15.2 Å². The van der Waals surface area contributed by atoms with E-state index in [1.54, 1.807) is 55.9 Å². The Labute approximate surface area is 339 Å². The van der Waals surface area contributed by atoms with Crippen LogP contribution in [0.4, 0.5) is 8.78 Å². The first kappa shape index (κ1) is 42.1. The number of methoxy groups -OCH3 is 1. The van der Waals surface area contributed by atoms with E-state index < -0.39 is 24.7 Å². The molecule has 15 heteroatoms. The van der Waals surface area contributed by atoms with Crippen molar-refractivity contribution in [3.8, 4) is 17.2 Å². The number of halogens is 4. The molecule has 1 aliphatic carbocycles. The van der Waals surface area contributed by atoms with Crippen molar-refractivity contribution in [3.63, 3.8) is 0 Å². The monoisotopic (exact) mass is 827 g/mol. The fourth-order valence-electron chi connectivity index (χ4n) is 7.25. The molecule has 2 bridgehead atoms. The Hall–Kier alpha value is -4.53. The van der Waals surface area contributed by atoms with Gasteiger partial charge in [0.05, 0.1) is 19.3 Å².